The van der Waals surface area contributed by atoms with Crippen LogP contribution < -0.4 is 5.32 Å². The second-order valence-electron chi connectivity index (χ2n) is 7.23. The van der Waals surface area contributed by atoms with Gasteiger partial charge in [0, 0.05) is 54.6 Å². The predicted octanol–water partition coefficient (Wildman–Crippen LogP) is 3.82. The van der Waals surface area contributed by atoms with Gasteiger partial charge in [-0.1, -0.05) is 48.5 Å². The standard InChI is InChI=1S/C23H25ClN4O2/c1-3-28-16(2)19-15-18(24)9-10-20(19)26-23(28)30-21(17-7-5-4-6-8-17)22(29)27-13-11-25-12-14-27/h4-10,15,21,25H,2-3,11-14H2,1H3. The average Bonchev–Trinajstić information content (AvgIpc) is 2.79. The molecule has 2 heterocycles. The van der Waals surface area contributed by atoms with Crippen molar-refractivity contribution in [3.05, 3.63) is 71.3 Å². The van der Waals surface area contributed by atoms with Crippen molar-refractivity contribution in [1.29, 1.82) is 0 Å². The van der Waals surface area contributed by atoms with E-state index in [4.69, 9.17) is 21.3 Å². The van der Waals surface area contributed by atoms with Crippen LogP contribution in [0.15, 0.2) is 60.1 Å². The summed E-state index contributed by atoms with van der Waals surface area (Å²) >= 11 is 6.17. The Morgan fingerprint density at radius 2 is 1.97 bits per heavy atom. The second-order valence-corrected chi connectivity index (χ2v) is 7.67. The maximum absolute atomic E-state index is 13.4. The van der Waals surface area contributed by atoms with Crippen molar-refractivity contribution < 1.29 is 9.53 Å². The maximum Gasteiger partial charge on any atom is 0.298 e. The Morgan fingerprint density at radius 1 is 1.23 bits per heavy atom. The number of amidine groups is 1. The summed E-state index contributed by atoms with van der Waals surface area (Å²) in [6.07, 6.45) is -0.779. The minimum atomic E-state index is -0.779. The molecule has 0 bridgehead atoms. The normalized spacial score (nSPS) is 17.3. The van der Waals surface area contributed by atoms with Crippen molar-refractivity contribution in [2.45, 2.75) is 13.0 Å². The third-order valence-electron chi connectivity index (χ3n) is 5.34. The summed E-state index contributed by atoms with van der Waals surface area (Å²) in [5.41, 5.74) is 3.14. The Morgan fingerprint density at radius 3 is 2.67 bits per heavy atom. The number of amides is 1. The number of carbonyl (C=O) groups excluding carboxylic acids is 1. The molecule has 6 nitrogen and oxygen atoms in total. The lowest BCUT2D eigenvalue weighted by Crippen LogP contribution is -2.49. The fourth-order valence-corrected chi connectivity index (χ4v) is 3.89. The van der Waals surface area contributed by atoms with Gasteiger partial charge in [0.2, 0.25) is 6.10 Å². The molecule has 156 valence electrons. The summed E-state index contributed by atoms with van der Waals surface area (Å²) in [6, 6.07) is 15.4. The van der Waals surface area contributed by atoms with Crippen LogP contribution in [0.5, 0.6) is 0 Å². The number of aliphatic imine (C=N–C) groups is 1. The van der Waals surface area contributed by atoms with Gasteiger partial charge in [0.15, 0.2) is 0 Å². The van der Waals surface area contributed by atoms with Crippen LogP contribution in [-0.4, -0.2) is 54.5 Å². The molecule has 1 saturated heterocycles. The molecular weight excluding hydrogens is 400 g/mol. The predicted molar refractivity (Wildman–Crippen MR) is 120 cm³/mol. The van der Waals surface area contributed by atoms with Gasteiger partial charge >= 0.3 is 0 Å². The Labute approximate surface area is 181 Å². The number of fused-ring (bicyclic) bond motifs is 1. The van der Waals surface area contributed by atoms with E-state index < -0.39 is 6.10 Å². The van der Waals surface area contributed by atoms with Gasteiger partial charge in [-0.15, -0.1) is 0 Å². The summed E-state index contributed by atoms with van der Waals surface area (Å²) in [5, 5.41) is 3.90. The SMILES string of the molecule is C=C1c2cc(Cl)ccc2N=C(OC(C(=O)N2CCNCC2)c2ccccc2)N1CC. The van der Waals surface area contributed by atoms with Crippen LogP contribution in [-0.2, 0) is 9.53 Å². The molecule has 0 aromatic heterocycles. The van der Waals surface area contributed by atoms with E-state index in [1.54, 1.807) is 6.07 Å². The highest BCUT2D eigenvalue weighted by Gasteiger charge is 2.33. The highest BCUT2D eigenvalue weighted by Crippen LogP contribution is 2.36. The molecule has 1 atom stereocenters. The molecule has 1 amide bonds. The van der Waals surface area contributed by atoms with Gasteiger partial charge in [0.1, 0.15) is 0 Å². The topological polar surface area (TPSA) is 57.2 Å². The molecule has 7 heteroatoms. The van der Waals surface area contributed by atoms with E-state index in [0.29, 0.717) is 30.7 Å². The van der Waals surface area contributed by atoms with Crippen LogP contribution in [0.2, 0.25) is 5.02 Å². The second kappa shape index (κ2) is 8.90. The van der Waals surface area contributed by atoms with E-state index in [-0.39, 0.29) is 5.91 Å². The smallest absolute Gasteiger partial charge is 0.298 e. The third kappa shape index (κ3) is 4.06. The summed E-state index contributed by atoms with van der Waals surface area (Å²) in [4.78, 5) is 21.8. The van der Waals surface area contributed by atoms with E-state index in [0.717, 1.165) is 35.6 Å². The van der Waals surface area contributed by atoms with Crippen LogP contribution in [0.4, 0.5) is 5.69 Å². The van der Waals surface area contributed by atoms with Gasteiger partial charge in [-0.25, -0.2) is 0 Å². The van der Waals surface area contributed by atoms with E-state index in [9.17, 15) is 4.79 Å². The minimum absolute atomic E-state index is 0.0611. The van der Waals surface area contributed by atoms with Crippen molar-refractivity contribution in [2.24, 2.45) is 4.99 Å². The summed E-state index contributed by atoms with van der Waals surface area (Å²) in [6.45, 7) is 9.68. The first-order valence-electron chi connectivity index (χ1n) is 10.1. The van der Waals surface area contributed by atoms with Gasteiger partial charge in [-0.05, 0) is 25.1 Å². The summed E-state index contributed by atoms with van der Waals surface area (Å²) in [5.74, 6) is -0.0611. The lowest BCUT2D eigenvalue weighted by atomic mass is 10.1. The highest BCUT2D eigenvalue weighted by molar-refractivity contribution is 6.31. The zero-order valence-electron chi connectivity index (χ0n) is 17.0. The van der Waals surface area contributed by atoms with Crippen molar-refractivity contribution in [3.8, 4) is 0 Å². The molecule has 2 aliphatic heterocycles. The van der Waals surface area contributed by atoms with Crippen LogP contribution in [0.25, 0.3) is 5.70 Å². The molecule has 1 unspecified atom stereocenters. The van der Waals surface area contributed by atoms with Crippen molar-refractivity contribution >= 4 is 34.9 Å². The van der Waals surface area contributed by atoms with E-state index in [2.05, 4.69) is 11.9 Å². The fraction of sp³-hybridized carbons (Fsp3) is 0.304. The molecule has 2 aliphatic rings. The molecule has 1 N–H and O–H groups in total. The number of hydrogen-bond donors (Lipinski definition) is 1. The van der Waals surface area contributed by atoms with E-state index in [1.807, 2.05) is 59.2 Å². The van der Waals surface area contributed by atoms with E-state index in [1.165, 1.54) is 0 Å². The van der Waals surface area contributed by atoms with E-state index >= 15 is 0 Å². The molecule has 1 fully saturated rings. The monoisotopic (exact) mass is 424 g/mol. The Kier molecular flexibility index (Phi) is 6.06. The minimum Gasteiger partial charge on any atom is -0.446 e. The zero-order chi connectivity index (χ0) is 21.1. The quantitative estimate of drug-likeness (QED) is 0.810. The van der Waals surface area contributed by atoms with Crippen LogP contribution in [0.3, 0.4) is 0 Å². The lowest BCUT2D eigenvalue weighted by molar-refractivity contribution is -0.140. The number of rotatable bonds is 4. The highest BCUT2D eigenvalue weighted by atomic mass is 35.5. The number of halogens is 1. The Hall–Kier alpha value is -2.83. The largest absolute Gasteiger partial charge is 0.446 e. The van der Waals surface area contributed by atoms with Crippen molar-refractivity contribution in [2.75, 3.05) is 32.7 Å². The maximum atomic E-state index is 13.4. The number of ether oxygens (including phenoxy) is 1. The molecule has 4 rings (SSSR count). The molecule has 0 saturated carbocycles. The molecule has 2 aromatic carbocycles. The molecule has 0 radical (unpaired) electrons. The van der Waals surface area contributed by atoms with Crippen LogP contribution in [0.1, 0.15) is 24.2 Å². The number of benzene rings is 2. The summed E-state index contributed by atoms with van der Waals surface area (Å²) in [7, 11) is 0. The number of nitrogens with one attached hydrogen (secondary N) is 1. The van der Waals surface area contributed by atoms with Crippen molar-refractivity contribution in [3.63, 3.8) is 0 Å². The Bertz CT molecular complexity index is 970. The number of hydrogen-bond acceptors (Lipinski definition) is 5. The number of piperazine rings is 1. The summed E-state index contributed by atoms with van der Waals surface area (Å²) < 4.78 is 6.32. The number of nitrogens with zero attached hydrogens (tertiary/aromatic N) is 3. The average molecular weight is 425 g/mol. The molecular formula is C23H25ClN4O2. The zero-order valence-corrected chi connectivity index (χ0v) is 17.7. The lowest BCUT2D eigenvalue weighted by Gasteiger charge is -2.35. The molecule has 2 aromatic rings. The first-order valence-corrected chi connectivity index (χ1v) is 10.5. The first-order chi connectivity index (χ1) is 14.6. The van der Waals surface area contributed by atoms with Gasteiger partial charge < -0.3 is 15.0 Å². The molecule has 0 aliphatic carbocycles. The molecule has 0 spiro atoms. The van der Waals surface area contributed by atoms with Gasteiger partial charge in [-0.2, -0.15) is 4.99 Å². The fourth-order valence-electron chi connectivity index (χ4n) is 3.72. The van der Waals surface area contributed by atoms with Crippen LogP contribution in [0, 0.1) is 0 Å². The third-order valence-corrected chi connectivity index (χ3v) is 5.57. The number of carbonyl (C=O) groups is 1. The van der Waals surface area contributed by atoms with Crippen molar-refractivity contribution in [1.82, 2.24) is 15.1 Å². The first kappa shape index (κ1) is 20.4. The van der Waals surface area contributed by atoms with Gasteiger partial charge in [-0.3, -0.25) is 9.69 Å². The van der Waals surface area contributed by atoms with Gasteiger partial charge in [0.05, 0.1) is 5.69 Å². The van der Waals surface area contributed by atoms with Gasteiger partial charge in [0.25, 0.3) is 11.9 Å². The molecule has 30 heavy (non-hydrogen) atoms. The van der Waals surface area contributed by atoms with Crippen LogP contribution >= 0.6 is 11.6 Å². The Balaban J connectivity index is 1.70.